The number of nitrogens with zero attached hydrogens (tertiary/aromatic N) is 3. The number of para-hydroxylation sites is 2. The van der Waals surface area contributed by atoms with E-state index in [1.165, 1.54) is 11.3 Å². The number of aromatic amines is 1. The number of aromatic nitrogens is 3. The summed E-state index contributed by atoms with van der Waals surface area (Å²) >= 11 is 0. The van der Waals surface area contributed by atoms with Crippen LogP contribution in [-0.2, 0) is 13.0 Å². The molecule has 0 bridgehead atoms. The van der Waals surface area contributed by atoms with Crippen LogP contribution >= 0.6 is 0 Å². The summed E-state index contributed by atoms with van der Waals surface area (Å²) in [6, 6.07) is 12.5. The number of fused-ring (bicyclic) bond motifs is 2. The Labute approximate surface area is 159 Å². The van der Waals surface area contributed by atoms with Crippen molar-refractivity contribution in [2.24, 2.45) is 5.73 Å². The van der Waals surface area contributed by atoms with Gasteiger partial charge in [0.1, 0.15) is 5.82 Å². The Kier molecular flexibility index (Phi) is 5.48. The normalized spacial score (nSPS) is 18.0. The van der Waals surface area contributed by atoms with Gasteiger partial charge < -0.3 is 15.8 Å². The van der Waals surface area contributed by atoms with E-state index >= 15 is 0 Å². The maximum atomic E-state index is 9.99. The molecular formula is C21H27N5O. The zero-order valence-corrected chi connectivity index (χ0v) is 15.5. The third kappa shape index (κ3) is 4.03. The zero-order valence-electron chi connectivity index (χ0n) is 15.5. The van der Waals surface area contributed by atoms with Gasteiger partial charge in [-0.3, -0.25) is 9.88 Å². The lowest BCUT2D eigenvalue weighted by atomic mass is 9.90. The van der Waals surface area contributed by atoms with Gasteiger partial charge in [-0.15, -0.1) is 0 Å². The Morgan fingerprint density at radius 3 is 3.00 bits per heavy atom. The van der Waals surface area contributed by atoms with Gasteiger partial charge in [-0.05, 0) is 49.4 Å². The molecule has 4 rings (SSSR count). The Hall–Kier alpha value is -2.28. The van der Waals surface area contributed by atoms with Gasteiger partial charge in [-0.25, -0.2) is 4.98 Å². The third-order valence-corrected chi connectivity index (χ3v) is 5.42. The number of aliphatic hydroxyl groups excluding tert-OH is 1. The van der Waals surface area contributed by atoms with E-state index in [2.05, 4.69) is 16.0 Å². The van der Waals surface area contributed by atoms with Crippen LogP contribution in [0.15, 0.2) is 42.6 Å². The summed E-state index contributed by atoms with van der Waals surface area (Å²) in [6.45, 7) is 1.75. The number of aliphatic hydroxyl groups is 1. The summed E-state index contributed by atoms with van der Waals surface area (Å²) in [5.74, 6) is 0.946. The maximum absolute atomic E-state index is 9.99. The molecular weight excluding hydrogens is 338 g/mol. The number of pyridine rings is 1. The molecule has 2 atom stereocenters. The van der Waals surface area contributed by atoms with Crippen LogP contribution in [0.2, 0.25) is 0 Å². The van der Waals surface area contributed by atoms with Crippen molar-refractivity contribution in [3.63, 3.8) is 0 Å². The number of benzene rings is 1. The number of nitrogens with two attached hydrogens (primary N) is 1. The van der Waals surface area contributed by atoms with Gasteiger partial charge in [0.15, 0.2) is 0 Å². The Morgan fingerprint density at radius 2 is 2.15 bits per heavy atom. The fourth-order valence-electron chi connectivity index (χ4n) is 3.99. The Bertz CT molecular complexity index is 860. The first-order valence-corrected chi connectivity index (χ1v) is 9.74. The topological polar surface area (TPSA) is 91.1 Å². The number of hydrogen-bond donors (Lipinski definition) is 3. The third-order valence-electron chi connectivity index (χ3n) is 5.42. The SMILES string of the molecule is NCC(O)CCN(Cc1nc2ccccc2[nH]1)C1CCCc2cccnc21. The molecule has 3 aromatic rings. The van der Waals surface area contributed by atoms with Crippen molar-refractivity contribution in [2.75, 3.05) is 13.1 Å². The molecule has 0 amide bonds. The van der Waals surface area contributed by atoms with Gasteiger partial charge in [-0.1, -0.05) is 18.2 Å². The van der Waals surface area contributed by atoms with Crippen LogP contribution in [0.5, 0.6) is 0 Å². The van der Waals surface area contributed by atoms with E-state index < -0.39 is 6.10 Å². The van der Waals surface area contributed by atoms with E-state index in [-0.39, 0.29) is 12.6 Å². The quantitative estimate of drug-likeness (QED) is 0.598. The predicted molar refractivity (Wildman–Crippen MR) is 106 cm³/mol. The van der Waals surface area contributed by atoms with E-state index in [0.29, 0.717) is 13.0 Å². The van der Waals surface area contributed by atoms with Crippen LogP contribution in [-0.4, -0.2) is 44.2 Å². The van der Waals surface area contributed by atoms with Crippen molar-refractivity contribution in [1.29, 1.82) is 0 Å². The van der Waals surface area contributed by atoms with Crippen molar-refractivity contribution in [2.45, 2.75) is 44.4 Å². The average Bonchev–Trinajstić information content (AvgIpc) is 3.13. The lowest BCUT2D eigenvalue weighted by molar-refractivity contribution is 0.112. The highest BCUT2D eigenvalue weighted by Crippen LogP contribution is 2.33. The second-order valence-corrected chi connectivity index (χ2v) is 7.31. The molecule has 2 unspecified atom stereocenters. The summed E-state index contributed by atoms with van der Waals surface area (Å²) in [4.78, 5) is 15.3. The monoisotopic (exact) mass is 365 g/mol. The minimum absolute atomic E-state index is 0.244. The molecule has 0 spiro atoms. The molecule has 0 aliphatic heterocycles. The first-order chi connectivity index (χ1) is 13.2. The number of hydrogen-bond acceptors (Lipinski definition) is 5. The second-order valence-electron chi connectivity index (χ2n) is 7.31. The molecule has 6 nitrogen and oxygen atoms in total. The molecule has 0 fully saturated rings. The van der Waals surface area contributed by atoms with Crippen LogP contribution in [0.3, 0.4) is 0 Å². The largest absolute Gasteiger partial charge is 0.392 e. The van der Waals surface area contributed by atoms with Crippen molar-refractivity contribution in [3.8, 4) is 0 Å². The highest BCUT2D eigenvalue weighted by Gasteiger charge is 2.28. The molecule has 27 heavy (non-hydrogen) atoms. The van der Waals surface area contributed by atoms with Gasteiger partial charge in [0.05, 0.1) is 35.4 Å². The predicted octanol–water partition coefficient (Wildman–Crippen LogP) is 2.55. The van der Waals surface area contributed by atoms with Gasteiger partial charge in [0, 0.05) is 19.3 Å². The highest BCUT2D eigenvalue weighted by atomic mass is 16.3. The van der Waals surface area contributed by atoms with E-state index in [4.69, 9.17) is 15.7 Å². The fraction of sp³-hybridized carbons (Fsp3) is 0.429. The Balaban J connectivity index is 1.60. The highest BCUT2D eigenvalue weighted by molar-refractivity contribution is 5.74. The molecule has 0 radical (unpaired) electrons. The van der Waals surface area contributed by atoms with Gasteiger partial charge in [0.25, 0.3) is 0 Å². The Morgan fingerprint density at radius 1 is 1.26 bits per heavy atom. The summed E-state index contributed by atoms with van der Waals surface area (Å²) in [5, 5.41) is 9.99. The standard InChI is InChI=1S/C21H27N5O/c22-13-16(27)10-12-26(14-20-24-17-7-1-2-8-18(17)25-20)19-9-3-5-15-6-4-11-23-21(15)19/h1-2,4,6-8,11,16,19,27H,3,5,9-10,12-14,22H2,(H,24,25). The van der Waals surface area contributed by atoms with Crippen molar-refractivity contribution in [1.82, 2.24) is 19.9 Å². The lowest BCUT2D eigenvalue weighted by Crippen LogP contribution is -2.35. The van der Waals surface area contributed by atoms with Crippen molar-refractivity contribution >= 4 is 11.0 Å². The summed E-state index contributed by atoms with van der Waals surface area (Å²) in [6.07, 6.45) is 5.36. The molecule has 2 aromatic heterocycles. The minimum Gasteiger partial charge on any atom is -0.392 e. The molecule has 4 N–H and O–H groups in total. The lowest BCUT2D eigenvalue weighted by Gasteiger charge is -2.35. The van der Waals surface area contributed by atoms with Gasteiger partial charge >= 0.3 is 0 Å². The number of imidazole rings is 1. The van der Waals surface area contributed by atoms with Crippen LogP contribution in [0.4, 0.5) is 0 Å². The van der Waals surface area contributed by atoms with Crippen LogP contribution in [0.1, 0.15) is 42.4 Å². The van der Waals surface area contributed by atoms with E-state index in [1.54, 1.807) is 0 Å². The number of rotatable bonds is 7. The van der Waals surface area contributed by atoms with Crippen LogP contribution in [0.25, 0.3) is 11.0 Å². The fourth-order valence-corrected chi connectivity index (χ4v) is 3.99. The molecule has 142 valence electrons. The van der Waals surface area contributed by atoms with Crippen LogP contribution in [0, 0.1) is 0 Å². The number of nitrogens with one attached hydrogen (secondary N) is 1. The summed E-state index contributed by atoms with van der Waals surface area (Å²) in [5.41, 5.74) is 10.2. The average molecular weight is 365 g/mol. The smallest absolute Gasteiger partial charge is 0.121 e. The number of H-pyrrole nitrogens is 1. The first-order valence-electron chi connectivity index (χ1n) is 9.74. The van der Waals surface area contributed by atoms with Gasteiger partial charge in [0.2, 0.25) is 0 Å². The minimum atomic E-state index is -0.477. The molecule has 1 aromatic carbocycles. The molecule has 1 aliphatic rings. The number of aryl methyl sites for hydroxylation is 1. The zero-order chi connectivity index (χ0) is 18.6. The summed E-state index contributed by atoms with van der Waals surface area (Å²) in [7, 11) is 0. The van der Waals surface area contributed by atoms with Gasteiger partial charge in [-0.2, -0.15) is 0 Å². The molecule has 1 aliphatic carbocycles. The second kappa shape index (κ2) is 8.17. The molecule has 6 heteroatoms. The molecule has 2 heterocycles. The summed E-state index contributed by atoms with van der Waals surface area (Å²) < 4.78 is 0. The van der Waals surface area contributed by atoms with E-state index in [1.807, 2.05) is 36.5 Å². The molecule has 0 saturated heterocycles. The van der Waals surface area contributed by atoms with E-state index in [9.17, 15) is 5.11 Å². The molecule has 0 saturated carbocycles. The van der Waals surface area contributed by atoms with E-state index in [0.717, 1.165) is 42.7 Å². The van der Waals surface area contributed by atoms with Crippen LogP contribution < -0.4 is 5.73 Å². The van der Waals surface area contributed by atoms with Crippen molar-refractivity contribution < 1.29 is 5.11 Å². The first kappa shape index (κ1) is 18.1. The van der Waals surface area contributed by atoms with Crippen molar-refractivity contribution in [3.05, 3.63) is 59.7 Å². The maximum Gasteiger partial charge on any atom is 0.121 e.